The van der Waals surface area contributed by atoms with Gasteiger partial charge in [-0.25, -0.2) is 4.39 Å². The Bertz CT molecular complexity index is 413. The third-order valence-corrected chi connectivity index (χ3v) is 4.62. The molecule has 0 aromatic heterocycles. The van der Waals surface area contributed by atoms with Crippen LogP contribution < -0.4 is 11.3 Å². The van der Waals surface area contributed by atoms with E-state index in [1.165, 1.54) is 6.07 Å². The Morgan fingerprint density at radius 1 is 1.56 bits per heavy atom. The van der Waals surface area contributed by atoms with Gasteiger partial charge in [0, 0.05) is 24.1 Å². The molecule has 3 nitrogen and oxygen atoms in total. The maximum atomic E-state index is 13.2. The number of nitrogens with zero attached hydrogens (tertiary/aromatic N) is 1. The van der Waals surface area contributed by atoms with Crippen molar-refractivity contribution in [3.8, 4) is 0 Å². The van der Waals surface area contributed by atoms with Crippen molar-refractivity contribution in [1.29, 1.82) is 0 Å². The van der Waals surface area contributed by atoms with Crippen LogP contribution in [0.25, 0.3) is 0 Å². The van der Waals surface area contributed by atoms with Gasteiger partial charge in [0.15, 0.2) is 0 Å². The fourth-order valence-electron chi connectivity index (χ4n) is 2.45. The van der Waals surface area contributed by atoms with Crippen LogP contribution in [0.3, 0.4) is 0 Å². The monoisotopic (exact) mass is 269 g/mol. The number of likely N-dealkylation sites (N-methyl/N-ethyl adjacent to an activating group) is 1. The number of halogens is 1. The van der Waals surface area contributed by atoms with E-state index in [-0.39, 0.29) is 11.9 Å². The Labute approximate surface area is 112 Å². The highest BCUT2D eigenvalue weighted by atomic mass is 32.2. The zero-order valence-electron chi connectivity index (χ0n) is 10.8. The van der Waals surface area contributed by atoms with Crippen LogP contribution in [0, 0.1) is 12.7 Å². The van der Waals surface area contributed by atoms with Gasteiger partial charge in [-0.2, -0.15) is 11.8 Å². The van der Waals surface area contributed by atoms with E-state index < -0.39 is 0 Å². The highest BCUT2D eigenvalue weighted by molar-refractivity contribution is 7.99. The molecular formula is C13H20FN3S. The number of aryl methyl sites for hydroxylation is 1. The van der Waals surface area contributed by atoms with Gasteiger partial charge in [-0.1, -0.05) is 6.07 Å². The van der Waals surface area contributed by atoms with Gasteiger partial charge in [-0.3, -0.25) is 16.2 Å². The zero-order valence-corrected chi connectivity index (χ0v) is 11.6. The predicted octanol–water partition coefficient (Wildman–Crippen LogP) is 1.69. The van der Waals surface area contributed by atoms with E-state index in [2.05, 4.69) is 17.4 Å². The lowest BCUT2D eigenvalue weighted by molar-refractivity contribution is 0.216. The van der Waals surface area contributed by atoms with Gasteiger partial charge in [0.2, 0.25) is 0 Å². The summed E-state index contributed by atoms with van der Waals surface area (Å²) < 4.78 is 13.2. The molecule has 0 amide bonds. The molecular weight excluding hydrogens is 249 g/mol. The van der Waals surface area contributed by atoms with Gasteiger partial charge < -0.3 is 0 Å². The minimum Gasteiger partial charge on any atom is -0.300 e. The molecule has 0 spiro atoms. The molecule has 1 aromatic rings. The second-order valence-electron chi connectivity index (χ2n) is 4.77. The molecule has 3 N–H and O–H groups in total. The third-order valence-electron chi connectivity index (χ3n) is 3.57. The molecule has 100 valence electrons. The van der Waals surface area contributed by atoms with Crippen molar-refractivity contribution in [3.63, 3.8) is 0 Å². The molecule has 0 saturated carbocycles. The van der Waals surface area contributed by atoms with Gasteiger partial charge in [-0.05, 0) is 37.2 Å². The molecule has 2 unspecified atom stereocenters. The average molecular weight is 269 g/mol. The summed E-state index contributed by atoms with van der Waals surface area (Å²) in [4.78, 5) is 2.32. The van der Waals surface area contributed by atoms with E-state index in [1.54, 1.807) is 6.07 Å². The van der Waals surface area contributed by atoms with Crippen molar-refractivity contribution in [1.82, 2.24) is 10.3 Å². The number of hydrogen-bond acceptors (Lipinski definition) is 4. The third kappa shape index (κ3) is 2.85. The average Bonchev–Trinajstić information content (AvgIpc) is 2.34. The molecule has 2 atom stereocenters. The smallest absolute Gasteiger partial charge is 0.123 e. The molecule has 5 heteroatoms. The molecule has 1 aromatic carbocycles. The molecule has 1 aliphatic rings. The van der Waals surface area contributed by atoms with Crippen LogP contribution in [0.4, 0.5) is 4.39 Å². The summed E-state index contributed by atoms with van der Waals surface area (Å²) in [5.41, 5.74) is 4.93. The lowest BCUT2D eigenvalue weighted by atomic mass is 9.95. The standard InChI is InChI=1S/C13H20FN3S/c1-9-7-10(14)3-4-11(9)13(16-15)12-8-18-6-5-17(12)2/h3-4,7,12-13,16H,5-6,8,15H2,1-2H3. The topological polar surface area (TPSA) is 41.3 Å². The fraction of sp³-hybridized carbons (Fsp3) is 0.538. The summed E-state index contributed by atoms with van der Waals surface area (Å²) in [6, 6.07) is 5.29. The number of rotatable bonds is 3. The maximum absolute atomic E-state index is 13.2. The summed E-state index contributed by atoms with van der Waals surface area (Å²) in [5.74, 6) is 7.73. The van der Waals surface area contributed by atoms with Crippen LogP contribution in [0.5, 0.6) is 0 Å². The summed E-state index contributed by atoms with van der Waals surface area (Å²) in [7, 11) is 2.12. The van der Waals surface area contributed by atoms with Crippen LogP contribution in [0.15, 0.2) is 18.2 Å². The Kier molecular flexibility index (Phi) is 4.61. The number of hydrazine groups is 1. The maximum Gasteiger partial charge on any atom is 0.123 e. The first-order valence-corrected chi connectivity index (χ1v) is 7.29. The molecule has 1 aliphatic heterocycles. The lowest BCUT2D eigenvalue weighted by Crippen LogP contribution is -2.49. The van der Waals surface area contributed by atoms with Crippen molar-refractivity contribution in [2.24, 2.45) is 5.84 Å². The molecule has 0 radical (unpaired) electrons. The van der Waals surface area contributed by atoms with Crippen molar-refractivity contribution in [3.05, 3.63) is 35.1 Å². The number of thioether (sulfide) groups is 1. The normalized spacial score (nSPS) is 23.0. The lowest BCUT2D eigenvalue weighted by Gasteiger charge is -2.38. The summed E-state index contributed by atoms with van der Waals surface area (Å²) >= 11 is 1.94. The molecule has 0 aliphatic carbocycles. The molecule has 0 bridgehead atoms. The minimum atomic E-state index is -0.196. The van der Waals surface area contributed by atoms with E-state index in [1.807, 2.05) is 24.8 Å². The van der Waals surface area contributed by atoms with Crippen molar-refractivity contribution in [2.45, 2.75) is 19.0 Å². The van der Waals surface area contributed by atoms with Crippen molar-refractivity contribution >= 4 is 11.8 Å². The summed E-state index contributed by atoms with van der Waals surface area (Å²) in [5, 5.41) is 0. The van der Waals surface area contributed by atoms with E-state index in [4.69, 9.17) is 5.84 Å². The molecule has 2 rings (SSSR count). The fourth-order valence-corrected chi connectivity index (χ4v) is 3.72. The predicted molar refractivity (Wildman–Crippen MR) is 74.9 cm³/mol. The first-order chi connectivity index (χ1) is 8.63. The number of nitrogens with two attached hydrogens (primary N) is 1. The highest BCUT2D eigenvalue weighted by Crippen LogP contribution is 2.28. The highest BCUT2D eigenvalue weighted by Gasteiger charge is 2.29. The van der Waals surface area contributed by atoms with Crippen molar-refractivity contribution in [2.75, 3.05) is 25.1 Å². The van der Waals surface area contributed by atoms with Crippen LogP contribution in [-0.2, 0) is 0 Å². The number of hydrogen-bond donors (Lipinski definition) is 2. The van der Waals surface area contributed by atoms with Crippen LogP contribution in [-0.4, -0.2) is 36.0 Å². The largest absolute Gasteiger partial charge is 0.300 e. The Hall–Kier alpha value is -0.620. The van der Waals surface area contributed by atoms with Gasteiger partial charge in [0.1, 0.15) is 5.82 Å². The van der Waals surface area contributed by atoms with E-state index >= 15 is 0 Å². The first-order valence-electron chi connectivity index (χ1n) is 6.13. The van der Waals surface area contributed by atoms with Gasteiger partial charge in [0.05, 0.1) is 6.04 Å². The van der Waals surface area contributed by atoms with Crippen LogP contribution in [0.1, 0.15) is 17.2 Å². The zero-order chi connectivity index (χ0) is 13.1. The van der Waals surface area contributed by atoms with Crippen LogP contribution >= 0.6 is 11.8 Å². The number of nitrogens with one attached hydrogen (secondary N) is 1. The summed E-state index contributed by atoms with van der Waals surface area (Å²) in [6.45, 7) is 2.99. The van der Waals surface area contributed by atoms with Gasteiger partial charge in [0.25, 0.3) is 0 Å². The first kappa shape index (κ1) is 13.8. The molecule has 1 fully saturated rings. The van der Waals surface area contributed by atoms with Crippen LogP contribution in [0.2, 0.25) is 0 Å². The summed E-state index contributed by atoms with van der Waals surface area (Å²) in [6.07, 6.45) is 0. The Balaban J connectivity index is 2.26. The Morgan fingerprint density at radius 3 is 2.94 bits per heavy atom. The SMILES string of the molecule is Cc1cc(F)ccc1C(NN)C1CSCCN1C. The Morgan fingerprint density at radius 2 is 2.33 bits per heavy atom. The van der Waals surface area contributed by atoms with Gasteiger partial charge >= 0.3 is 0 Å². The van der Waals surface area contributed by atoms with Gasteiger partial charge in [-0.15, -0.1) is 0 Å². The molecule has 1 heterocycles. The van der Waals surface area contributed by atoms with E-state index in [0.29, 0.717) is 6.04 Å². The minimum absolute atomic E-state index is 0.0448. The second-order valence-corrected chi connectivity index (χ2v) is 5.92. The van der Waals surface area contributed by atoms with E-state index in [0.717, 1.165) is 29.2 Å². The molecule has 18 heavy (non-hydrogen) atoms. The number of benzene rings is 1. The van der Waals surface area contributed by atoms with E-state index in [9.17, 15) is 4.39 Å². The quantitative estimate of drug-likeness (QED) is 0.647. The molecule has 1 saturated heterocycles. The van der Waals surface area contributed by atoms with Crippen molar-refractivity contribution < 1.29 is 4.39 Å². The second kappa shape index (κ2) is 6.02.